The molecular weight excluding hydrogens is 356 g/mol. The Morgan fingerprint density at radius 1 is 1.23 bits per heavy atom. The van der Waals surface area contributed by atoms with Gasteiger partial charge in [-0.25, -0.2) is 13.6 Å². The molecule has 1 aliphatic heterocycles. The molecule has 1 heterocycles. The molecule has 0 unspecified atom stereocenters. The van der Waals surface area contributed by atoms with Crippen LogP contribution in [0, 0.1) is 0 Å². The third kappa shape index (κ3) is 5.66. The number of hydrogen-bond acceptors (Lipinski definition) is 6. The van der Waals surface area contributed by atoms with Crippen LogP contribution in [0.25, 0.3) is 0 Å². The number of primary sulfonamides is 1. The van der Waals surface area contributed by atoms with Gasteiger partial charge in [-0.3, -0.25) is 4.79 Å². The summed E-state index contributed by atoms with van der Waals surface area (Å²) in [5.74, 6) is -0.0614. The zero-order valence-corrected chi connectivity index (χ0v) is 16.2. The summed E-state index contributed by atoms with van der Waals surface area (Å²) < 4.78 is 28.1. The van der Waals surface area contributed by atoms with E-state index in [4.69, 9.17) is 9.88 Å². The number of benzene rings is 1. The molecule has 1 aliphatic rings. The molecular formula is C17H28N4O4S. The highest BCUT2D eigenvalue weighted by atomic mass is 32.2. The fraction of sp³-hybridized carbons (Fsp3) is 0.588. The van der Waals surface area contributed by atoms with Gasteiger partial charge >= 0.3 is 0 Å². The number of nitrogens with two attached hydrogens (primary N) is 1. The molecule has 1 aromatic rings. The third-order valence-electron chi connectivity index (χ3n) is 4.59. The minimum Gasteiger partial charge on any atom is -0.496 e. The number of sulfonamides is 1. The summed E-state index contributed by atoms with van der Waals surface area (Å²) in [6.07, 6.45) is 0.828. The van der Waals surface area contributed by atoms with Gasteiger partial charge in [0.25, 0.3) is 5.91 Å². The average molecular weight is 385 g/mol. The maximum absolute atomic E-state index is 12.4. The van der Waals surface area contributed by atoms with Gasteiger partial charge in [0.15, 0.2) is 0 Å². The maximum atomic E-state index is 12.4. The van der Waals surface area contributed by atoms with Gasteiger partial charge in [0.05, 0.1) is 17.6 Å². The highest BCUT2D eigenvalue weighted by Crippen LogP contribution is 2.21. The van der Waals surface area contributed by atoms with Crippen LogP contribution in [-0.2, 0) is 10.0 Å². The molecule has 1 fully saturated rings. The monoisotopic (exact) mass is 384 g/mol. The lowest BCUT2D eigenvalue weighted by Crippen LogP contribution is -2.46. The molecule has 26 heavy (non-hydrogen) atoms. The van der Waals surface area contributed by atoms with E-state index in [9.17, 15) is 13.2 Å². The first-order chi connectivity index (χ1) is 12.3. The molecule has 3 N–H and O–H groups in total. The average Bonchev–Trinajstić information content (AvgIpc) is 2.64. The molecule has 9 heteroatoms. The van der Waals surface area contributed by atoms with E-state index in [0.29, 0.717) is 12.3 Å². The van der Waals surface area contributed by atoms with E-state index in [-0.39, 0.29) is 16.4 Å². The Morgan fingerprint density at radius 2 is 1.88 bits per heavy atom. The highest BCUT2D eigenvalue weighted by Gasteiger charge is 2.18. The number of methoxy groups -OCH3 is 1. The van der Waals surface area contributed by atoms with Gasteiger partial charge in [-0.1, -0.05) is 6.92 Å². The topological polar surface area (TPSA) is 105 Å². The maximum Gasteiger partial charge on any atom is 0.255 e. The molecule has 0 spiro atoms. The second-order valence-electron chi connectivity index (χ2n) is 6.29. The number of piperazine rings is 1. The summed E-state index contributed by atoms with van der Waals surface area (Å²) in [6, 6.07) is 4.00. The lowest BCUT2D eigenvalue weighted by atomic mass is 10.2. The van der Waals surface area contributed by atoms with Crippen molar-refractivity contribution in [1.29, 1.82) is 0 Å². The number of ether oxygens (including phenoxy) is 1. The minimum absolute atomic E-state index is 0.114. The number of nitrogens with zero attached hydrogens (tertiary/aromatic N) is 2. The smallest absolute Gasteiger partial charge is 0.255 e. The first-order valence-corrected chi connectivity index (χ1v) is 10.3. The van der Waals surface area contributed by atoms with Crippen LogP contribution in [0.5, 0.6) is 5.75 Å². The molecule has 0 aliphatic carbocycles. The van der Waals surface area contributed by atoms with E-state index in [2.05, 4.69) is 22.0 Å². The summed E-state index contributed by atoms with van der Waals surface area (Å²) in [5, 5.41) is 7.95. The van der Waals surface area contributed by atoms with Gasteiger partial charge in [-0.05, 0) is 37.7 Å². The van der Waals surface area contributed by atoms with Gasteiger partial charge in [0, 0.05) is 32.7 Å². The van der Waals surface area contributed by atoms with E-state index in [1.54, 1.807) is 0 Å². The Bertz CT molecular complexity index is 715. The molecule has 8 nitrogen and oxygen atoms in total. The van der Waals surface area contributed by atoms with Crippen LogP contribution in [0.2, 0.25) is 0 Å². The van der Waals surface area contributed by atoms with Crippen molar-refractivity contribution in [1.82, 2.24) is 15.1 Å². The largest absolute Gasteiger partial charge is 0.496 e. The molecule has 0 bridgehead atoms. The van der Waals surface area contributed by atoms with Crippen molar-refractivity contribution in [3.63, 3.8) is 0 Å². The Hall–Kier alpha value is -1.68. The van der Waals surface area contributed by atoms with Gasteiger partial charge in [-0.15, -0.1) is 0 Å². The minimum atomic E-state index is -3.88. The van der Waals surface area contributed by atoms with Crippen LogP contribution >= 0.6 is 0 Å². The SMILES string of the molecule is CCN1CCN(CCCNC(=O)c2cc(S(N)(=O)=O)ccc2OC)CC1. The molecule has 1 amide bonds. The van der Waals surface area contributed by atoms with Crippen LogP contribution in [0.4, 0.5) is 0 Å². The predicted molar refractivity (Wildman–Crippen MR) is 99.9 cm³/mol. The Morgan fingerprint density at radius 3 is 2.46 bits per heavy atom. The molecule has 0 saturated carbocycles. The van der Waals surface area contributed by atoms with Crippen LogP contribution < -0.4 is 15.2 Å². The van der Waals surface area contributed by atoms with Gasteiger partial charge in [0.2, 0.25) is 10.0 Å². The molecule has 0 atom stereocenters. The van der Waals surface area contributed by atoms with Gasteiger partial charge < -0.3 is 19.9 Å². The zero-order chi connectivity index (χ0) is 19.2. The first-order valence-electron chi connectivity index (χ1n) is 8.79. The number of carbonyl (C=O) groups is 1. The van der Waals surface area contributed by atoms with Crippen molar-refractivity contribution in [2.75, 3.05) is 52.9 Å². The highest BCUT2D eigenvalue weighted by molar-refractivity contribution is 7.89. The lowest BCUT2D eigenvalue weighted by molar-refractivity contribution is 0.0945. The Kier molecular flexibility index (Phi) is 7.39. The third-order valence-corrected chi connectivity index (χ3v) is 5.50. The van der Waals surface area contributed by atoms with Crippen molar-refractivity contribution in [2.45, 2.75) is 18.2 Å². The van der Waals surface area contributed by atoms with Crippen molar-refractivity contribution < 1.29 is 17.9 Å². The fourth-order valence-corrected chi connectivity index (χ4v) is 3.51. The summed E-state index contributed by atoms with van der Waals surface area (Å²) in [6.45, 7) is 8.95. The first kappa shape index (κ1) is 20.6. The number of carbonyl (C=O) groups excluding carboxylic acids is 1. The second-order valence-corrected chi connectivity index (χ2v) is 7.85. The van der Waals surface area contributed by atoms with Crippen molar-refractivity contribution in [2.24, 2.45) is 5.14 Å². The summed E-state index contributed by atoms with van der Waals surface area (Å²) in [7, 11) is -2.45. The van der Waals surface area contributed by atoms with E-state index in [0.717, 1.165) is 45.7 Å². The van der Waals surface area contributed by atoms with Crippen LogP contribution in [0.15, 0.2) is 23.1 Å². The second kappa shape index (κ2) is 9.31. The van der Waals surface area contributed by atoms with Gasteiger partial charge in [0.1, 0.15) is 5.75 Å². The zero-order valence-electron chi connectivity index (χ0n) is 15.4. The molecule has 1 saturated heterocycles. The van der Waals surface area contributed by atoms with E-state index in [1.165, 1.54) is 25.3 Å². The fourth-order valence-electron chi connectivity index (χ4n) is 2.97. The summed E-state index contributed by atoms with van der Waals surface area (Å²) >= 11 is 0. The number of amides is 1. The molecule has 1 aromatic carbocycles. The van der Waals surface area contributed by atoms with E-state index < -0.39 is 10.0 Å². The van der Waals surface area contributed by atoms with Crippen molar-refractivity contribution in [3.05, 3.63) is 23.8 Å². The molecule has 2 rings (SSSR count). The predicted octanol–water partition coefficient (Wildman–Crippen LogP) is 0.100. The number of rotatable bonds is 8. The van der Waals surface area contributed by atoms with Crippen molar-refractivity contribution >= 4 is 15.9 Å². The normalized spacial score (nSPS) is 16.4. The van der Waals surface area contributed by atoms with Crippen LogP contribution in [0.3, 0.4) is 0 Å². The Labute approximate surface area is 155 Å². The van der Waals surface area contributed by atoms with Gasteiger partial charge in [-0.2, -0.15) is 0 Å². The molecule has 0 aromatic heterocycles. The number of hydrogen-bond donors (Lipinski definition) is 2. The molecule has 146 valence electrons. The number of nitrogens with one attached hydrogen (secondary N) is 1. The quantitative estimate of drug-likeness (QED) is 0.616. The van der Waals surface area contributed by atoms with E-state index in [1.807, 2.05) is 0 Å². The van der Waals surface area contributed by atoms with Crippen LogP contribution in [-0.4, -0.2) is 77.0 Å². The van der Waals surface area contributed by atoms with E-state index >= 15 is 0 Å². The Balaban J connectivity index is 1.86. The summed E-state index contributed by atoms with van der Waals surface area (Å²) in [5.41, 5.74) is 0.163. The molecule has 0 radical (unpaired) electrons. The standard InChI is InChI=1S/C17H28N4O4S/c1-3-20-9-11-21(12-10-20)8-4-7-19-17(22)15-13-14(26(18,23)24)5-6-16(15)25-2/h5-6,13H,3-4,7-12H2,1-2H3,(H,19,22)(H2,18,23,24). The lowest BCUT2D eigenvalue weighted by Gasteiger charge is -2.33. The summed E-state index contributed by atoms with van der Waals surface area (Å²) in [4.78, 5) is 17.1. The number of likely N-dealkylation sites (N-methyl/N-ethyl adjacent to an activating group) is 1. The van der Waals surface area contributed by atoms with Crippen LogP contribution in [0.1, 0.15) is 23.7 Å². The van der Waals surface area contributed by atoms with Crippen molar-refractivity contribution in [3.8, 4) is 5.75 Å².